The molecule has 0 aromatic heterocycles. The fourth-order valence-corrected chi connectivity index (χ4v) is 9.54. The second kappa shape index (κ2) is 13.3. The van der Waals surface area contributed by atoms with Crippen molar-refractivity contribution < 1.29 is 23.6 Å². The molecule has 1 atom stereocenters. The van der Waals surface area contributed by atoms with Gasteiger partial charge in [-0.05, 0) is 68.5 Å². The highest BCUT2D eigenvalue weighted by Gasteiger charge is 2.51. The lowest BCUT2D eigenvalue weighted by molar-refractivity contribution is -0.122. The van der Waals surface area contributed by atoms with E-state index in [1.54, 1.807) is 13.8 Å². The van der Waals surface area contributed by atoms with Crippen LogP contribution in [0.3, 0.4) is 0 Å². The molecule has 2 aromatic rings. The molecule has 1 saturated heterocycles. The molecule has 0 aliphatic carbocycles. The zero-order valence-electron chi connectivity index (χ0n) is 20.1. The molecule has 0 saturated carbocycles. The number of hydrogen-bond donors (Lipinski definition) is 1. The second-order valence-electron chi connectivity index (χ2n) is 8.19. The minimum absolute atomic E-state index is 0.394. The van der Waals surface area contributed by atoms with E-state index in [0.717, 1.165) is 43.2 Å². The predicted octanol–water partition coefficient (Wildman–Crippen LogP) is 5.67. The third-order valence-electron chi connectivity index (χ3n) is 5.89. The van der Waals surface area contributed by atoms with Crippen LogP contribution in [0.4, 0.5) is 0 Å². The quantitative estimate of drug-likeness (QED) is 0.214. The zero-order valence-corrected chi connectivity index (χ0v) is 22.7. The highest BCUT2D eigenvalue weighted by atomic mass is 32.7. The number of rotatable bonds is 12. The lowest BCUT2D eigenvalue weighted by Gasteiger charge is -2.38. The van der Waals surface area contributed by atoms with Crippen molar-refractivity contribution in [3.8, 4) is 11.5 Å². The molecule has 1 fully saturated rings. The van der Waals surface area contributed by atoms with Gasteiger partial charge in [-0.15, -0.1) is 0 Å². The number of carbonyl (C=O) groups is 1. The molecular formula is C25H32N2O5P2S. The number of para-hydroxylation sites is 1. The maximum atomic E-state index is 13.6. The Hall–Kier alpha value is -2.11. The van der Waals surface area contributed by atoms with Gasteiger partial charge in [-0.1, -0.05) is 29.6 Å². The van der Waals surface area contributed by atoms with Crippen LogP contribution in [0.5, 0.6) is 11.5 Å². The van der Waals surface area contributed by atoms with Gasteiger partial charge in [0.15, 0.2) is 6.34 Å². The first-order valence-electron chi connectivity index (χ1n) is 11.4. The summed E-state index contributed by atoms with van der Waals surface area (Å²) < 4.78 is 34.5. The standard InChI is InChI=1S/C25H32N2O5P2S/c1-30-23-8-4-3-7-20(23)19-33-27-15-5-6-16-32-21-9-11-22(12-10-21)35-34(2,29)25(24(26)28)13-17-31-18-14-25/h3-4,7-12,15,19H,5-6,13-14,16-18H2,1-2H3,(H2,26,28)/b27-15+. The number of unbranched alkanes of at least 4 members (excludes halogenated alkanes) is 1. The summed E-state index contributed by atoms with van der Waals surface area (Å²) in [6.45, 7) is 3.03. The molecule has 0 bridgehead atoms. The van der Waals surface area contributed by atoms with Crippen molar-refractivity contribution in [2.24, 2.45) is 10.5 Å². The lowest BCUT2D eigenvalue weighted by Crippen LogP contribution is -2.47. The molecule has 1 aliphatic rings. The second-order valence-corrected chi connectivity index (χ2v) is 14.8. The maximum absolute atomic E-state index is 13.6. The van der Waals surface area contributed by atoms with Gasteiger partial charge in [0.05, 0.1) is 13.7 Å². The Kier molecular flexibility index (Phi) is 10.4. The number of amides is 1. The number of nitrogens with two attached hydrogens (primary N) is 1. The summed E-state index contributed by atoms with van der Waals surface area (Å²) in [7, 11) is 2.52. The number of benzene rings is 2. The van der Waals surface area contributed by atoms with Crippen LogP contribution in [0, 0.1) is 0 Å². The number of methoxy groups -OCH3 is 1. The Morgan fingerprint density at radius 1 is 1.23 bits per heavy atom. The SMILES string of the molecule is COc1ccccc1C=P/N=C/CCCOc1ccc(SP(C)(=O)C2(C(N)=O)CCOCC2)cc1. The van der Waals surface area contributed by atoms with Crippen LogP contribution in [0.15, 0.2) is 58.2 Å². The van der Waals surface area contributed by atoms with Crippen molar-refractivity contribution >= 4 is 44.0 Å². The fraction of sp³-hybridized carbons (Fsp3) is 0.400. The van der Waals surface area contributed by atoms with E-state index in [-0.39, 0.29) is 0 Å². The summed E-state index contributed by atoms with van der Waals surface area (Å²) in [5, 5.41) is -1.02. The first kappa shape index (κ1) is 27.5. The summed E-state index contributed by atoms with van der Waals surface area (Å²) in [5.74, 6) is 3.09. The molecule has 3 rings (SSSR count). The summed E-state index contributed by atoms with van der Waals surface area (Å²) in [6, 6.07) is 15.3. The van der Waals surface area contributed by atoms with Gasteiger partial charge in [0.25, 0.3) is 0 Å². The molecule has 1 unspecified atom stereocenters. The Morgan fingerprint density at radius 3 is 2.63 bits per heavy atom. The molecule has 0 radical (unpaired) electrons. The van der Waals surface area contributed by atoms with Gasteiger partial charge in [-0.3, -0.25) is 4.79 Å². The van der Waals surface area contributed by atoms with Crippen molar-refractivity contribution in [1.82, 2.24) is 0 Å². The summed E-state index contributed by atoms with van der Waals surface area (Å²) >= 11 is 1.24. The van der Waals surface area contributed by atoms with Crippen LogP contribution in [0.25, 0.3) is 0 Å². The summed E-state index contributed by atoms with van der Waals surface area (Å²) in [5.41, 5.74) is 6.72. The highest BCUT2D eigenvalue weighted by molar-refractivity contribution is 8.58. The first-order valence-corrected chi connectivity index (χ1v) is 15.9. The van der Waals surface area contributed by atoms with Crippen molar-refractivity contribution in [1.29, 1.82) is 0 Å². The van der Waals surface area contributed by atoms with Crippen LogP contribution < -0.4 is 15.2 Å². The minimum atomic E-state index is -2.96. The average Bonchev–Trinajstić information content (AvgIpc) is 2.87. The smallest absolute Gasteiger partial charge is 0.232 e. The molecule has 35 heavy (non-hydrogen) atoms. The van der Waals surface area contributed by atoms with E-state index in [2.05, 4.69) is 4.76 Å². The molecule has 1 amide bonds. The average molecular weight is 535 g/mol. The molecule has 10 heteroatoms. The minimum Gasteiger partial charge on any atom is -0.496 e. The van der Waals surface area contributed by atoms with Crippen molar-refractivity contribution in [2.45, 2.75) is 35.7 Å². The third-order valence-corrected chi connectivity index (χ3v) is 12.4. The largest absolute Gasteiger partial charge is 0.496 e. The van der Waals surface area contributed by atoms with Gasteiger partial charge in [-0.25, -0.2) is 4.76 Å². The van der Waals surface area contributed by atoms with Gasteiger partial charge in [-0.2, -0.15) is 0 Å². The highest BCUT2D eigenvalue weighted by Crippen LogP contribution is 2.70. The fourth-order valence-electron chi connectivity index (χ4n) is 3.79. The van der Waals surface area contributed by atoms with Crippen LogP contribution in [0.1, 0.15) is 31.2 Å². The van der Waals surface area contributed by atoms with E-state index in [4.69, 9.17) is 19.9 Å². The molecule has 188 valence electrons. The molecular weight excluding hydrogens is 502 g/mol. The Labute approximate surface area is 212 Å². The van der Waals surface area contributed by atoms with Gasteiger partial charge >= 0.3 is 0 Å². The van der Waals surface area contributed by atoms with E-state index >= 15 is 0 Å². The van der Waals surface area contributed by atoms with E-state index in [1.807, 2.05) is 60.5 Å². The van der Waals surface area contributed by atoms with Gasteiger partial charge < -0.3 is 24.5 Å². The molecule has 7 nitrogen and oxygen atoms in total. The lowest BCUT2D eigenvalue weighted by atomic mass is 9.98. The number of ether oxygens (including phenoxy) is 3. The van der Waals surface area contributed by atoms with E-state index in [1.165, 1.54) is 11.4 Å². The number of primary amides is 1. The topological polar surface area (TPSA) is 100 Å². The van der Waals surface area contributed by atoms with Gasteiger partial charge in [0, 0.05) is 38.2 Å². The van der Waals surface area contributed by atoms with Crippen LogP contribution in [0.2, 0.25) is 0 Å². The monoisotopic (exact) mass is 534 g/mol. The Bertz CT molecular complexity index is 1090. The van der Waals surface area contributed by atoms with Crippen molar-refractivity contribution in [2.75, 3.05) is 33.6 Å². The first-order chi connectivity index (χ1) is 16.9. The van der Waals surface area contributed by atoms with Crippen LogP contribution in [-0.4, -0.2) is 56.7 Å². The Morgan fingerprint density at radius 2 is 1.94 bits per heavy atom. The number of hydrogen-bond acceptors (Lipinski definition) is 7. The third kappa shape index (κ3) is 7.44. The molecule has 1 heterocycles. The predicted molar refractivity (Wildman–Crippen MR) is 146 cm³/mol. The summed E-state index contributed by atoms with van der Waals surface area (Å²) in [6.07, 6.45) is 1.40. The number of nitrogens with zero attached hydrogens (tertiary/aromatic N) is 1. The molecule has 1 aliphatic heterocycles. The van der Waals surface area contributed by atoms with Gasteiger partial charge in [0.1, 0.15) is 16.7 Å². The summed E-state index contributed by atoms with van der Waals surface area (Å²) in [4.78, 5) is 13.1. The maximum Gasteiger partial charge on any atom is 0.232 e. The van der Waals surface area contributed by atoms with Crippen molar-refractivity contribution in [3.63, 3.8) is 0 Å². The number of carbonyl (C=O) groups excluding carboxylic acids is 1. The van der Waals surface area contributed by atoms with E-state index < -0.39 is 17.4 Å². The van der Waals surface area contributed by atoms with Crippen LogP contribution in [-0.2, 0) is 14.1 Å². The van der Waals surface area contributed by atoms with Crippen LogP contribution >= 0.6 is 26.1 Å². The zero-order chi connectivity index (χ0) is 25.2. The molecule has 0 spiro atoms. The van der Waals surface area contributed by atoms with E-state index in [0.29, 0.717) is 32.7 Å². The normalized spacial score (nSPS) is 17.3. The molecule has 2 aromatic carbocycles. The Balaban J connectivity index is 1.43. The van der Waals surface area contributed by atoms with Gasteiger partial charge in [0.2, 0.25) is 5.91 Å². The molecule has 2 N–H and O–H groups in total. The van der Waals surface area contributed by atoms with Crippen molar-refractivity contribution in [3.05, 3.63) is 54.1 Å². The van der Waals surface area contributed by atoms with E-state index in [9.17, 15) is 9.36 Å².